The summed E-state index contributed by atoms with van der Waals surface area (Å²) in [6.07, 6.45) is 0.467. The average molecular weight is 354 g/mol. The van der Waals surface area contributed by atoms with Gasteiger partial charge in [0.05, 0.1) is 21.1 Å². The van der Waals surface area contributed by atoms with Crippen LogP contribution in [0.1, 0.15) is 11.1 Å². The monoisotopic (exact) mass is 353 g/mol. The molecule has 4 nitrogen and oxygen atoms in total. The Bertz CT molecular complexity index is 567. The van der Waals surface area contributed by atoms with Gasteiger partial charge in [-0.1, -0.05) is 42.5 Å². The SMILES string of the molecule is C[N+](C)(C)CC(O)COc1ccc(Cc2ccccc2)cc1.O.[Cl-]. The first-order valence-corrected chi connectivity index (χ1v) is 7.66. The first-order valence-electron chi connectivity index (χ1n) is 7.66. The molecule has 0 aliphatic carbocycles. The summed E-state index contributed by atoms with van der Waals surface area (Å²) < 4.78 is 6.38. The standard InChI is InChI=1S/C19H26NO2.ClH.H2O/c1-20(2,3)14-18(21)15-22-19-11-9-17(10-12-19)13-16-7-5-4-6-8-16;;/h4-12,18,21H,13-15H2,1-3H3;1H;1H2/q+1;;/p-1. The van der Waals surface area contributed by atoms with Crippen LogP contribution in [0.5, 0.6) is 5.75 Å². The van der Waals surface area contributed by atoms with Crippen molar-refractivity contribution in [2.45, 2.75) is 12.5 Å². The van der Waals surface area contributed by atoms with Crippen molar-refractivity contribution in [3.63, 3.8) is 0 Å². The predicted octanol–water partition coefficient (Wildman–Crippen LogP) is -1.10. The van der Waals surface area contributed by atoms with Gasteiger partial charge in [0.2, 0.25) is 0 Å². The van der Waals surface area contributed by atoms with Gasteiger partial charge >= 0.3 is 0 Å². The molecule has 1 unspecified atom stereocenters. The number of likely N-dealkylation sites (N-methyl/N-ethyl adjacent to an activating group) is 1. The molecular weight excluding hydrogens is 326 g/mol. The molecule has 0 aromatic heterocycles. The van der Waals surface area contributed by atoms with E-state index >= 15 is 0 Å². The molecule has 2 rings (SSSR count). The van der Waals surface area contributed by atoms with E-state index < -0.39 is 6.10 Å². The van der Waals surface area contributed by atoms with Gasteiger partial charge in [-0.2, -0.15) is 0 Å². The molecule has 3 N–H and O–H groups in total. The molecule has 0 fully saturated rings. The second-order valence-corrected chi connectivity index (χ2v) is 6.74. The Labute approximate surface area is 151 Å². The molecule has 0 saturated heterocycles. The molecule has 0 bridgehead atoms. The first kappa shape index (κ1) is 22.4. The summed E-state index contributed by atoms with van der Waals surface area (Å²) in [5.74, 6) is 0.803. The molecule has 0 heterocycles. The van der Waals surface area contributed by atoms with Crippen molar-refractivity contribution in [1.82, 2.24) is 0 Å². The number of hydrogen-bond acceptors (Lipinski definition) is 2. The van der Waals surface area contributed by atoms with Crippen molar-refractivity contribution in [2.75, 3.05) is 34.3 Å². The number of halogens is 1. The van der Waals surface area contributed by atoms with Crippen molar-refractivity contribution >= 4 is 0 Å². The summed E-state index contributed by atoms with van der Waals surface area (Å²) >= 11 is 0. The van der Waals surface area contributed by atoms with Crippen LogP contribution < -0.4 is 17.1 Å². The lowest BCUT2D eigenvalue weighted by atomic mass is 10.1. The molecule has 0 aliphatic rings. The highest BCUT2D eigenvalue weighted by Crippen LogP contribution is 2.15. The van der Waals surface area contributed by atoms with Crippen LogP contribution in [0.15, 0.2) is 54.6 Å². The number of nitrogens with zero attached hydrogens (tertiary/aromatic N) is 1. The Morgan fingerprint density at radius 2 is 1.46 bits per heavy atom. The van der Waals surface area contributed by atoms with E-state index in [1.807, 2.05) is 18.2 Å². The van der Waals surface area contributed by atoms with Gasteiger partial charge in [-0.15, -0.1) is 0 Å². The van der Waals surface area contributed by atoms with E-state index in [1.54, 1.807) is 0 Å². The number of ether oxygens (including phenoxy) is 1. The van der Waals surface area contributed by atoms with E-state index in [2.05, 4.69) is 57.5 Å². The zero-order valence-corrected chi connectivity index (χ0v) is 15.3. The lowest BCUT2D eigenvalue weighted by molar-refractivity contribution is -0.873. The summed E-state index contributed by atoms with van der Waals surface area (Å²) in [6, 6.07) is 18.5. The lowest BCUT2D eigenvalue weighted by Gasteiger charge is -2.26. The number of rotatable bonds is 7. The normalized spacial score (nSPS) is 11.8. The highest BCUT2D eigenvalue weighted by Gasteiger charge is 2.15. The van der Waals surface area contributed by atoms with Crippen LogP contribution >= 0.6 is 0 Å². The fourth-order valence-electron chi connectivity index (χ4n) is 2.41. The zero-order chi connectivity index (χ0) is 16.0. The molecule has 0 aliphatic heterocycles. The van der Waals surface area contributed by atoms with E-state index in [0.717, 1.165) is 16.7 Å². The van der Waals surface area contributed by atoms with Crippen LogP contribution in [0.4, 0.5) is 0 Å². The van der Waals surface area contributed by atoms with Gasteiger partial charge in [-0.25, -0.2) is 0 Å². The molecular formula is C19H28ClNO3. The summed E-state index contributed by atoms with van der Waals surface area (Å²) in [4.78, 5) is 0. The molecule has 0 saturated carbocycles. The summed E-state index contributed by atoms with van der Waals surface area (Å²) in [7, 11) is 6.17. The Morgan fingerprint density at radius 1 is 0.917 bits per heavy atom. The lowest BCUT2D eigenvalue weighted by Crippen LogP contribution is -3.00. The van der Waals surface area contributed by atoms with Gasteiger partial charge < -0.3 is 32.2 Å². The minimum Gasteiger partial charge on any atom is -1.00 e. The molecule has 2 aromatic rings. The Hall–Kier alpha value is -1.59. The first-order chi connectivity index (χ1) is 10.4. The molecule has 0 radical (unpaired) electrons. The maximum atomic E-state index is 9.95. The van der Waals surface area contributed by atoms with Gasteiger partial charge in [0, 0.05) is 0 Å². The van der Waals surface area contributed by atoms with Gasteiger partial charge in [-0.05, 0) is 29.7 Å². The molecule has 24 heavy (non-hydrogen) atoms. The van der Waals surface area contributed by atoms with E-state index in [1.165, 1.54) is 11.1 Å². The number of aliphatic hydroxyl groups excluding tert-OH is 1. The fourth-order valence-corrected chi connectivity index (χ4v) is 2.41. The highest BCUT2D eigenvalue weighted by molar-refractivity contribution is 5.31. The Morgan fingerprint density at radius 3 is 2.00 bits per heavy atom. The maximum Gasteiger partial charge on any atom is 0.137 e. The van der Waals surface area contributed by atoms with Crippen molar-refractivity contribution < 1.29 is 32.2 Å². The van der Waals surface area contributed by atoms with Crippen LogP contribution in [0.3, 0.4) is 0 Å². The second kappa shape index (κ2) is 10.3. The third-order valence-electron chi connectivity index (χ3n) is 3.38. The Balaban J connectivity index is 0.00000264. The van der Waals surface area contributed by atoms with E-state index in [9.17, 15) is 5.11 Å². The van der Waals surface area contributed by atoms with Crippen LogP contribution in [0.25, 0.3) is 0 Å². The van der Waals surface area contributed by atoms with Crippen LogP contribution in [-0.4, -0.2) is 55.5 Å². The molecule has 134 valence electrons. The average Bonchev–Trinajstić information content (AvgIpc) is 2.46. The summed E-state index contributed by atoms with van der Waals surface area (Å²) in [5.41, 5.74) is 2.56. The topological polar surface area (TPSA) is 61.0 Å². The number of hydrogen-bond donors (Lipinski definition) is 1. The van der Waals surface area contributed by atoms with Gasteiger partial charge in [0.25, 0.3) is 0 Å². The molecule has 2 aromatic carbocycles. The zero-order valence-electron chi connectivity index (χ0n) is 14.6. The number of benzene rings is 2. The maximum absolute atomic E-state index is 9.95. The molecule has 0 spiro atoms. The fraction of sp³-hybridized carbons (Fsp3) is 0.368. The Kier molecular flexibility index (Phi) is 9.63. The van der Waals surface area contributed by atoms with E-state index in [-0.39, 0.29) is 17.9 Å². The van der Waals surface area contributed by atoms with Gasteiger partial charge in [0.15, 0.2) is 0 Å². The highest BCUT2D eigenvalue weighted by atomic mass is 35.5. The number of quaternary nitrogens is 1. The predicted molar refractivity (Wildman–Crippen MR) is 93.7 cm³/mol. The third kappa shape index (κ3) is 8.31. The van der Waals surface area contributed by atoms with Crippen molar-refractivity contribution in [1.29, 1.82) is 0 Å². The smallest absolute Gasteiger partial charge is 0.137 e. The van der Waals surface area contributed by atoms with E-state index in [0.29, 0.717) is 13.2 Å². The van der Waals surface area contributed by atoms with Crippen molar-refractivity contribution in [3.05, 3.63) is 65.7 Å². The van der Waals surface area contributed by atoms with Crippen LogP contribution in [0.2, 0.25) is 0 Å². The minimum absolute atomic E-state index is 0. The molecule has 1 atom stereocenters. The summed E-state index contributed by atoms with van der Waals surface area (Å²) in [6.45, 7) is 1.000. The van der Waals surface area contributed by atoms with Crippen LogP contribution in [0, 0.1) is 0 Å². The molecule has 5 heteroatoms. The largest absolute Gasteiger partial charge is 1.00 e. The van der Waals surface area contributed by atoms with Crippen molar-refractivity contribution in [2.24, 2.45) is 0 Å². The number of aliphatic hydroxyl groups is 1. The minimum atomic E-state index is -0.455. The third-order valence-corrected chi connectivity index (χ3v) is 3.38. The van der Waals surface area contributed by atoms with Gasteiger partial charge in [0.1, 0.15) is 25.0 Å². The summed E-state index contributed by atoms with van der Waals surface area (Å²) in [5, 5.41) is 9.95. The van der Waals surface area contributed by atoms with Gasteiger partial charge in [-0.3, -0.25) is 0 Å². The quantitative estimate of drug-likeness (QED) is 0.643. The second-order valence-electron chi connectivity index (χ2n) is 6.74. The van der Waals surface area contributed by atoms with Crippen molar-refractivity contribution in [3.8, 4) is 5.75 Å². The van der Waals surface area contributed by atoms with Crippen LogP contribution in [-0.2, 0) is 6.42 Å². The van der Waals surface area contributed by atoms with E-state index in [4.69, 9.17) is 4.74 Å². The molecule has 0 amide bonds.